The number of benzene rings is 2. The second-order valence-corrected chi connectivity index (χ2v) is 6.91. The van der Waals surface area contributed by atoms with E-state index in [1.54, 1.807) is 6.20 Å². The lowest BCUT2D eigenvalue weighted by Crippen LogP contribution is -2.41. The minimum Gasteiger partial charge on any atom is -0.458 e. The summed E-state index contributed by atoms with van der Waals surface area (Å²) in [5, 5.41) is 0. The smallest absolute Gasteiger partial charge is 0.237 e. The molecule has 0 unspecified atom stereocenters. The van der Waals surface area contributed by atoms with E-state index in [1.165, 1.54) is 0 Å². The number of hydrogen-bond acceptors (Lipinski definition) is 3. The molecule has 0 bridgehead atoms. The maximum Gasteiger partial charge on any atom is 0.237 e. The fourth-order valence-corrected chi connectivity index (χ4v) is 3.68. The van der Waals surface area contributed by atoms with Crippen molar-refractivity contribution >= 4 is 5.90 Å². The topological polar surface area (TPSA) is 34.5 Å². The minimum absolute atomic E-state index is 0.0377. The van der Waals surface area contributed by atoms with E-state index in [4.69, 9.17) is 9.73 Å². The first-order chi connectivity index (χ1) is 12.7. The molecule has 2 aromatic carbocycles. The Labute approximate surface area is 154 Å². The molecule has 0 aliphatic carbocycles. The molecule has 0 amide bonds. The van der Waals surface area contributed by atoms with Gasteiger partial charge in [-0.3, -0.25) is 4.98 Å². The Morgan fingerprint density at radius 2 is 1.38 bits per heavy atom. The van der Waals surface area contributed by atoms with Gasteiger partial charge in [0.2, 0.25) is 5.90 Å². The summed E-state index contributed by atoms with van der Waals surface area (Å²) in [7, 11) is 0. The van der Waals surface area contributed by atoms with Crippen molar-refractivity contribution < 1.29 is 4.74 Å². The highest BCUT2D eigenvalue weighted by Gasteiger charge is 2.51. The first-order valence-electron chi connectivity index (χ1n) is 9.01. The molecule has 0 saturated carbocycles. The third kappa shape index (κ3) is 2.70. The van der Waals surface area contributed by atoms with Crippen LogP contribution in [0.2, 0.25) is 0 Å². The zero-order valence-electron chi connectivity index (χ0n) is 15.0. The fourth-order valence-electron chi connectivity index (χ4n) is 3.68. The van der Waals surface area contributed by atoms with E-state index in [1.807, 2.05) is 30.3 Å². The monoisotopic (exact) mass is 342 g/mol. The van der Waals surface area contributed by atoms with Crippen molar-refractivity contribution in [2.24, 2.45) is 10.9 Å². The van der Waals surface area contributed by atoms with Gasteiger partial charge in [0.05, 0.1) is 0 Å². The molecule has 1 atom stereocenters. The van der Waals surface area contributed by atoms with Crippen molar-refractivity contribution in [3.05, 3.63) is 102 Å². The number of nitrogens with zero attached hydrogens (tertiary/aromatic N) is 2. The normalized spacial score (nSPS) is 18.4. The molecule has 4 rings (SSSR count). The molecule has 0 saturated heterocycles. The Balaban J connectivity index is 1.91. The second kappa shape index (κ2) is 6.75. The van der Waals surface area contributed by atoms with Crippen molar-refractivity contribution in [3.8, 4) is 0 Å². The molecule has 3 heteroatoms. The first-order valence-corrected chi connectivity index (χ1v) is 9.01. The van der Waals surface area contributed by atoms with Crippen LogP contribution >= 0.6 is 0 Å². The summed E-state index contributed by atoms with van der Waals surface area (Å²) in [6.07, 6.45) is 1.77. The van der Waals surface area contributed by atoms with Crippen LogP contribution in [0.1, 0.15) is 30.7 Å². The van der Waals surface area contributed by atoms with Crippen LogP contribution in [0.25, 0.3) is 0 Å². The molecule has 1 aliphatic rings. The first kappa shape index (κ1) is 16.5. The molecule has 3 aromatic rings. The predicted octanol–water partition coefficient (Wildman–Crippen LogP) is 4.83. The maximum absolute atomic E-state index is 6.67. The Hall–Kier alpha value is -2.94. The van der Waals surface area contributed by atoms with Crippen LogP contribution in [0, 0.1) is 5.92 Å². The standard InChI is InChI=1S/C23H22N2O/c1-17(2)21-23(18-11-5-3-6-12-18,19-13-7-4-8-14-19)26-22(25-21)20-15-9-10-16-24-20/h3-17,21H,1-2H3/t21-/m0/s1. The summed E-state index contributed by atoms with van der Waals surface area (Å²) in [5.41, 5.74) is 2.34. The van der Waals surface area contributed by atoms with E-state index in [0.717, 1.165) is 16.8 Å². The highest BCUT2D eigenvalue weighted by atomic mass is 16.5. The molecule has 1 aliphatic heterocycles. The van der Waals surface area contributed by atoms with Gasteiger partial charge in [-0.2, -0.15) is 0 Å². The van der Waals surface area contributed by atoms with Gasteiger partial charge in [-0.1, -0.05) is 80.6 Å². The zero-order valence-corrected chi connectivity index (χ0v) is 15.0. The number of rotatable bonds is 4. The van der Waals surface area contributed by atoms with Gasteiger partial charge in [0.1, 0.15) is 11.7 Å². The van der Waals surface area contributed by atoms with Gasteiger partial charge in [-0.15, -0.1) is 0 Å². The number of pyridine rings is 1. The van der Waals surface area contributed by atoms with Crippen molar-refractivity contribution in [1.82, 2.24) is 4.98 Å². The molecule has 3 nitrogen and oxygen atoms in total. The second-order valence-electron chi connectivity index (χ2n) is 6.91. The molecule has 0 fully saturated rings. The van der Waals surface area contributed by atoms with Crippen LogP contribution in [0.15, 0.2) is 90.1 Å². The van der Waals surface area contributed by atoms with E-state index in [-0.39, 0.29) is 6.04 Å². The zero-order chi connectivity index (χ0) is 18.0. The van der Waals surface area contributed by atoms with E-state index >= 15 is 0 Å². The SMILES string of the molecule is CC(C)[C@@H]1N=C(c2ccccn2)OC1(c1ccccc1)c1ccccc1. The highest BCUT2D eigenvalue weighted by molar-refractivity contribution is 5.94. The number of ether oxygens (including phenoxy) is 1. The van der Waals surface area contributed by atoms with Crippen LogP contribution in [-0.2, 0) is 10.3 Å². The third-order valence-electron chi connectivity index (χ3n) is 4.85. The number of aromatic nitrogens is 1. The molecule has 1 aromatic heterocycles. The summed E-state index contributed by atoms with van der Waals surface area (Å²) in [4.78, 5) is 9.45. The van der Waals surface area contributed by atoms with Crippen LogP contribution < -0.4 is 0 Å². The summed E-state index contributed by atoms with van der Waals surface area (Å²) >= 11 is 0. The van der Waals surface area contributed by atoms with E-state index in [9.17, 15) is 0 Å². The third-order valence-corrected chi connectivity index (χ3v) is 4.85. The van der Waals surface area contributed by atoms with Crippen LogP contribution in [0.3, 0.4) is 0 Å². The van der Waals surface area contributed by atoms with E-state index in [0.29, 0.717) is 11.8 Å². The predicted molar refractivity (Wildman–Crippen MR) is 104 cm³/mol. The summed E-state index contributed by atoms with van der Waals surface area (Å²) < 4.78 is 6.67. The minimum atomic E-state index is -0.649. The molecule has 26 heavy (non-hydrogen) atoms. The van der Waals surface area contributed by atoms with Gasteiger partial charge < -0.3 is 4.74 Å². The Morgan fingerprint density at radius 1 is 0.808 bits per heavy atom. The van der Waals surface area contributed by atoms with Gasteiger partial charge >= 0.3 is 0 Å². The molecule has 0 spiro atoms. The van der Waals surface area contributed by atoms with Crippen LogP contribution in [0.5, 0.6) is 0 Å². The van der Waals surface area contributed by atoms with Crippen LogP contribution in [0.4, 0.5) is 0 Å². The van der Waals surface area contributed by atoms with Crippen LogP contribution in [-0.4, -0.2) is 16.9 Å². The lowest BCUT2D eigenvalue weighted by atomic mass is 9.76. The van der Waals surface area contributed by atoms with Crippen molar-refractivity contribution in [3.63, 3.8) is 0 Å². The lowest BCUT2D eigenvalue weighted by molar-refractivity contribution is 0.0813. The summed E-state index contributed by atoms with van der Waals surface area (Å²) in [6, 6.07) is 26.6. The summed E-state index contributed by atoms with van der Waals surface area (Å²) in [5.74, 6) is 0.911. The van der Waals surface area contributed by atoms with Gasteiger partial charge in [-0.05, 0) is 18.1 Å². The van der Waals surface area contributed by atoms with Crippen molar-refractivity contribution in [1.29, 1.82) is 0 Å². The average Bonchev–Trinajstić information content (AvgIpc) is 3.12. The van der Waals surface area contributed by atoms with E-state index < -0.39 is 5.60 Å². The van der Waals surface area contributed by atoms with E-state index in [2.05, 4.69) is 67.4 Å². The highest BCUT2D eigenvalue weighted by Crippen LogP contribution is 2.45. The molecule has 0 N–H and O–H groups in total. The fraction of sp³-hybridized carbons (Fsp3) is 0.217. The largest absolute Gasteiger partial charge is 0.458 e. The number of aliphatic imine (C=N–C) groups is 1. The van der Waals surface area contributed by atoms with Crippen molar-refractivity contribution in [2.45, 2.75) is 25.5 Å². The molecule has 130 valence electrons. The average molecular weight is 342 g/mol. The van der Waals surface area contributed by atoms with Gasteiger partial charge in [0.15, 0.2) is 5.60 Å². The Kier molecular flexibility index (Phi) is 4.29. The maximum atomic E-state index is 6.67. The van der Waals surface area contributed by atoms with Gasteiger partial charge in [0, 0.05) is 17.3 Å². The lowest BCUT2D eigenvalue weighted by Gasteiger charge is -2.36. The number of hydrogen-bond donors (Lipinski definition) is 0. The molecular formula is C23H22N2O. The molecule has 2 heterocycles. The Morgan fingerprint density at radius 3 is 1.88 bits per heavy atom. The Bertz CT molecular complexity index is 850. The van der Waals surface area contributed by atoms with Gasteiger partial charge in [-0.25, -0.2) is 4.99 Å². The summed E-state index contributed by atoms with van der Waals surface area (Å²) in [6.45, 7) is 4.39. The molecule has 0 radical (unpaired) electrons. The van der Waals surface area contributed by atoms with Gasteiger partial charge in [0.25, 0.3) is 0 Å². The quantitative estimate of drug-likeness (QED) is 0.681. The van der Waals surface area contributed by atoms with Crippen molar-refractivity contribution in [2.75, 3.05) is 0 Å². The molecular weight excluding hydrogens is 320 g/mol.